The molecule has 0 fully saturated rings. The summed E-state index contributed by atoms with van der Waals surface area (Å²) in [4.78, 5) is 23.1. The van der Waals surface area contributed by atoms with Crippen molar-refractivity contribution < 1.29 is 4.79 Å². The summed E-state index contributed by atoms with van der Waals surface area (Å²) in [5.74, 6) is 2.22. The molecule has 0 radical (unpaired) electrons. The van der Waals surface area contributed by atoms with Crippen LogP contribution < -0.4 is 10.2 Å². The number of nitrogens with zero attached hydrogens (tertiary/aromatic N) is 3. The maximum atomic E-state index is 12.2. The van der Waals surface area contributed by atoms with Gasteiger partial charge in [-0.15, -0.1) is 11.8 Å². The van der Waals surface area contributed by atoms with Gasteiger partial charge in [0.2, 0.25) is 11.9 Å². The molecule has 1 heterocycles. The molecule has 2 aromatic rings. The summed E-state index contributed by atoms with van der Waals surface area (Å²) in [7, 11) is 3.89. The zero-order valence-electron chi connectivity index (χ0n) is 14.7. The van der Waals surface area contributed by atoms with E-state index >= 15 is 0 Å². The Hall–Kier alpha value is -2.08. The largest absolute Gasteiger partial charge is 0.352 e. The molecule has 0 spiro atoms. The second-order valence-corrected chi connectivity index (χ2v) is 7.51. The molecule has 1 aliphatic carbocycles. The highest BCUT2D eigenvalue weighted by atomic mass is 32.2. The van der Waals surface area contributed by atoms with E-state index < -0.39 is 0 Å². The Morgan fingerprint density at radius 1 is 1.32 bits per heavy atom. The smallest absolute Gasteiger partial charge is 0.230 e. The van der Waals surface area contributed by atoms with Gasteiger partial charge in [-0.3, -0.25) is 4.79 Å². The van der Waals surface area contributed by atoms with Gasteiger partial charge in [0.15, 0.2) is 0 Å². The summed E-state index contributed by atoms with van der Waals surface area (Å²) in [6, 6.07) is 10.4. The quantitative estimate of drug-likeness (QED) is 0.862. The fourth-order valence-electron chi connectivity index (χ4n) is 2.94. The van der Waals surface area contributed by atoms with E-state index in [1.807, 2.05) is 43.4 Å². The van der Waals surface area contributed by atoms with E-state index in [0.29, 0.717) is 5.75 Å². The van der Waals surface area contributed by atoms with Crippen molar-refractivity contribution in [3.8, 4) is 0 Å². The van der Waals surface area contributed by atoms with E-state index in [0.717, 1.165) is 42.2 Å². The molecule has 1 amide bonds. The average molecular weight is 356 g/mol. The summed E-state index contributed by atoms with van der Waals surface area (Å²) >= 11 is 1.65. The molecule has 6 heteroatoms. The van der Waals surface area contributed by atoms with Crippen molar-refractivity contribution in [1.82, 2.24) is 15.3 Å². The van der Waals surface area contributed by atoms with Crippen LogP contribution in [0, 0.1) is 0 Å². The predicted octanol–water partition coefficient (Wildman–Crippen LogP) is 2.45. The van der Waals surface area contributed by atoms with Gasteiger partial charge in [-0.05, 0) is 30.4 Å². The molecule has 3 rings (SSSR count). The fraction of sp³-hybridized carbons (Fsp3) is 0.421. The molecule has 0 saturated heterocycles. The van der Waals surface area contributed by atoms with Gasteiger partial charge in [0.1, 0.15) is 0 Å². The number of fused-ring (bicyclic) bond motifs is 1. The number of carbonyl (C=O) groups is 1. The van der Waals surface area contributed by atoms with Crippen LogP contribution in [0.2, 0.25) is 0 Å². The number of aryl methyl sites for hydroxylation is 1. The van der Waals surface area contributed by atoms with Crippen LogP contribution in [0.1, 0.15) is 23.2 Å². The Kier molecular flexibility index (Phi) is 5.91. The Morgan fingerprint density at radius 2 is 2.12 bits per heavy atom. The van der Waals surface area contributed by atoms with Crippen LogP contribution in [-0.2, 0) is 23.4 Å². The van der Waals surface area contributed by atoms with E-state index in [9.17, 15) is 4.79 Å². The van der Waals surface area contributed by atoms with Crippen LogP contribution in [0.4, 0.5) is 5.95 Å². The van der Waals surface area contributed by atoms with Crippen molar-refractivity contribution in [2.45, 2.75) is 31.1 Å². The van der Waals surface area contributed by atoms with Crippen LogP contribution in [0.25, 0.3) is 0 Å². The van der Waals surface area contributed by atoms with Crippen molar-refractivity contribution in [2.24, 2.45) is 0 Å². The van der Waals surface area contributed by atoms with Crippen LogP contribution in [0.5, 0.6) is 0 Å². The molecule has 25 heavy (non-hydrogen) atoms. The maximum Gasteiger partial charge on any atom is 0.230 e. The van der Waals surface area contributed by atoms with Crippen molar-refractivity contribution in [2.75, 3.05) is 24.7 Å². The van der Waals surface area contributed by atoms with Crippen LogP contribution in [0.3, 0.4) is 0 Å². The number of nitrogens with one attached hydrogen (secondary N) is 1. The highest BCUT2D eigenvalue weighted by molar-refractivity contribution is 7.99. The molecule has 1 aliphatic rings. The number of benzene rings is 1. The first-order valence-corrected chi connectivity index (χ1v) is 9.70. The lowest BCUT2D eigenvalue weighted by Gasteiger charge is -2.25. The second-order valence-electron chi connectivity index (χ2n) is 6.52. The Bertz CT molecular complexity index is 721. The summed E-state index contributed by atoms with van der Waals surface area (Å²) in [5, 5.41) is 3.16. The number of aromatic nitrogens is 2. The molecule has 1 N–H and O–H groups in total. The van der Waals surface area contributed by atoms with E-state index in [1.54, 1.807) is 11.8 Å². The lowest BCUT2D eigenvalue weighted by atomic mass is 9.93. The molecule has 1 atom stereocenters. The van der Waals surface area contributed by atoms with Gasteiger partial charge in [-0.1, -0.05) is 30.3 Å². The van der Waals surface area contributed by atoms with E-state index in [4.69, 9.17) is 0 Å². The van der Waals surface area contributed by atoms with Gasteiger partial charge in [0.05, 0.1) is 5.75 Å². The summed E-state index contributed by atoms with van der Waals surface area (Å²) < 4.78 is 0. The van der Waals surface area contributed by atoms with Crippen LogP contribution >= 0.6 is 11.8 Å². The molecule has 1 aromatic carbocycles. The minimum atomic E-state index is 0.111. The zero-order valence-corrected chi connectivity index (χ0v) is 15.6. The Balaban J connectivity index is 1.47. The first-order chi connectivity index (χ1) is 12.1. The first kappa shape index (κ1) is 17.7. The van der Waals surface area contributed by atoms with Gasteiger partial charge in [0, 0.05) is 37.8 Å². The van der Waals surface area contributed by atoms with Gasteiger partial charge in [-0.25, -0.2) is 9.97 Å². The number of carbonyl (C=O) groups excluding carboxylic acids is 1. The highest BCUT2D eigenvalue weighted by Crippen LogP contribution is 2.21. The van der Waals surface area contributed by atoms with Crippen LogP contribution in [-0.4, -0.2) is 41.8 Å². The monoisotopic (exact) mass is 356 g/mol. The molecule has 0 saturated carbocycles. The summed E-state index contributed by atoms with van der Waals surface area (Å²) in [6.07, 6.45) is 4.55. The lowest BCUT2D eigenvalue weighted by molar-refractivity contribution is -0.119. The molecule has 132 valence electrons. The highest BCUT2D eigenvalue weighted by Gasteiger charge is 2.22. The molecular formula is C19H24N4OS. The van der Waals surface area contributed by atoms with Gasteiger partial charge >= 0.3 is 0 Å². The summed E-state index contributed by atoms with van der Waals surface area (Å²) in [5.41, 5.74) is 3.52. The molecular weight excluding hydrogens is 332 g/mol. The van der Waals surface area contributed by atoms with Crippen LogP contribution in [0.15, 0.2) is 36.5 Å². The molecule has 0 aliphatic heterocycles. The minimum Gasteiger partial charge on any atom is -0.352 e. The standard InChI is InChI=1S/C19H24N4OS/c1-23(2)19-20-11-15-10-16(8-9-17(15)22-19)21-18(24)13-25-12-14-6-4-3-5-7-14/h3-7,11,16H,8-10,12-13H2,1-2H3,(H,21,24). The molecule has 0 bridgehead atoms. The minimum absolute atomic E-state index is 0.111. The van der Waals surface area contributed by atoms with Crippen molar-refractivity contribution in [1.29, 1.82) is 0 Å². The number of amides is 1. The SMILES string of the molecule is CN(C)c1ncc2c(n1)CCC(NC(=O)CSCc1ccccc1)C2. The fourth-order valence-corrected chi connectivity index (χ4v) is 3.74. The lowest BCUT2D eigenvalue weighted by Crippen LogP contribution is -2.40. The first-order valence-electron chi connectivity index (χ1n) is 8.55. The number of hydrogen-bond donors (Lipinski definition) is 1. The Morgan fingerprint density at radius 3 is 2.88 bits per heavy atom. The van der Waals surface area contributed by atoms with E-state index in [1.165, 1.54) is 5.56 Å². The third-order valence-corrected chi connectivity index (χ3v) is 5.25. The number of hydrogen-bond acceptors (Lipinski definition) is 5. The second kappa shape index (κ2) is 8.34. The maximum absolute atomic E-state index is 12.2. The number of anilines is 1. The normalized spacial score (nSPS) is 16.2. The Labute approximate surface area is 153 Å². The van der Waals surface area contributed by atoms with Crippen molar-refractivity contribution in [3.05, 3.63) is 53.3 Å². The van der Waals surface area contributed by atoms with Gasteiger partial charge in [0.25, 0.3) is 0 Å². The molecule has 1 aromatic heterocycles. The van der Waals surface area contributed by atoms with E-state index in [-0.39, 0.29) is 11.9 Å². The summed E-state index contributed by atoms with van der Waals surface area (Å²) in [6.45, 7) is 0. The van der Waals surface area contributed by atoms with Gasteiger partial charge < -0.3 is 10.2 Å². The average Bonchev–Trinajstić information content (AvgIpc) is 2.62. The molecule has 5 nitrogen and oxygen atoms in total. The van der Waals surface area contributed by atoms with Crippen molar-refractivity contribution in [3.63, 3.8) is 0 Å². The van der Waals surface area contributed by atoms with Crippen molar-refractivity contribution >= 4 is 23.6 Å². The molecule has 1 unspecified atom stereocenters. The van der Waals surface area contributed by atoms with Gasteiger partial charge in [-0.2, -0.15) is 0 Å². The van der Waals surface area contributed by atoms with E-state index in [2.05, 4.69) is 27.4 Å². The third kappa shape index (κ3) is 4.95. The topological polar surface area (TPSA) is 58.1 Å². The number of rotatable bonds is 6. The third-order valence-electron chi connectivity index (χ3n) is 4.25. The predicted molar refractivity (Wildman–Crippen MR) is 103 cm³/mol. The number of thioether (sulfide) groups is 1. The zero-order chi connectivity index (χ0) is 17.6.